The molecular weight excluding hydrogens is 258 g/mol. The Balaban J connectivity index is 2.14. The minimum absolute atomic E-state index is 0.474. The van der Waals surface area contributed by atoms with Gasteiger partial charge in [0, 0.05) is 6.42 Å². The standard InChI is InChI=1S/C15H18ClN3/c1-2-6-14-17-18-15(16)19(14)13-10-5-8-11-7-3-4-9-12(11)13/h5,8,10H,2-4,6-7,9H2,1H3. The summed E-state index contributed by atoms with van der Waals surface area (Å²) in [5.41, 5.74) is 4.06. The average molecular weight is 276 g/mol. The Morgan fingerprint density at radius 1 is 1.21 bits per heavy atom. The summed E-state index contributed by atoms with van der Waals surface area (Å²) in [7, 11) is 0. The summed E-state index contributed by atoms with van der Waals surface area (Å²) >= 11 is 6.25. The predicted octanol–water partition coefficient (Wildman–Crippen LogP) is 3.75. The number of halogens is 1. The smallest absolute Gasteiger partial charge is 0.229 e. The fourth-order valence-electron chi connectivity index (χ4n) is 2.89. The molecule has 3 rings (SSSR count). The van der Waals surface area contributed by atoms with Gasteiger partial charge in [-0.1, -0.05) is 19.1 Å². The molecule has 0 unspecified atom stereocenters. The van der Waals surface area contributed by atoms with Gasteiger partial charge in [-0.25, -0.2) is 0 Å². The highest BCUT2D eigenvalue weighted by atomic mass is 35.5. The van der Waals surface area contributed by atoms with Crippen molar-refractivity contribution in [1.82, 2.24) is 14.8 Å². The molecule has 1 aromatic heterocycles. The first-order valence-electron chi connectivity index (χ1n) is 7.02. The van der Waals surface area contributed by atoms with E-state index in [1.165, 1.54) is 36.1 Å². The topological polar surface area (TPSA) is 30.7 Å². The first kappa shape index (κ1) is 12.7. The molecule has 0 saturated carbocycles. The number of rotatable bonds is 3. The van der Waals surface area contributed by atoms with Crippen LogP contribution in [0.15, 0.2) is 18.2 Å². The molecule has 4 heteroatoms. The zero-order valence-electron chi connectivity index (χ0n) is 11.2. The fraction of sp³-hybridized carbons (Fsp3) is 0.467. The zero-order chi connectivity index (χ0) is 13.2. The number of hydrogen-bond acceptors (Lipinski definition) is 2. The van der Waals surface area contributed by atoms with Crippen LogP contribution in [0, 0.1) is 0 Å². The van der Waals surface area contributed by atoms with Crippen LogP contribution in [0.4, 0.5) is 0 Å². The molecule has 1 aromatic carbocycles. The maximum absolute atomic E-state index is 6.25. The number of nitrogens with zero attached hydrogens (tertiary/aromatic N) is 3. The fourth-order valence-corrected chi connectivity index (χ4v) is 3.12. The lowest BCUT2D eigenvalue weighted by Crippen LogP contribution is -2.10. The molecule has 0 saturated heterocycles. The van der Waals surface area contributed by atoms with E-state index in [0.717, 1.165) is 25.1 Å². The maximum Gasteiger partial charge on any atom is 0.229 e. The number of fused-ring (bicyclic) bond motifs is 1. The van der Waals surface area contributed by atoms with E-state index in [9.17, 15) is 0 Å². The summed E-state index contributed by atoms with van der Waals surface area (Å²) in [5, 5.41) is 8.73. The second kappa shape index (κ2) is 5.33. The Hall–Kier alpha value is -1.35. The van der Waals surface area contributed by atoms with Gasteiger partial charge in [0.1, 0.15) is 5.82 Å². The van der Waals surface area contributed by atoms with Crippen LogP contribution < -0.4 is 0 Å². The van der Waals surface area contributed by atoms with Crippen molar-refractivity contribution in [3.8, 4) is 5.69 Å². The van der Waals surface area contributed by atoms with Gasteiger partial charge in [-0.05, 0) is 60.9 Å². The Bertz CT molecular complexity index is 589. The quantitative estimate of drug-likeness (QED) is 0.854. The van der Waals surface area contributed by atoms with E-state index >= 15 is 0 Å². The molecule has 100 valence electrons. The van der Waals surface area contributed by atoms with Crippen LogP contribution in [0.3, 0.4) is 0 Å². The number of aryl methyl sites for hydroxylation is 2. The van der Waals surface area contributed by atoms with E-state index in [2.05, 4.69) is 35.3 Å². The third-order valence-corrected chi connectivity index (χ3v) is 4.02. The summed E-state index contributed by atoms with van der Waals surface area (Å²) in [6, 6.07) is 6.49. The van der Waals surface area contributed by atoms with Gasteiger partial charge >= 0.3 is 0 Å². The van der Waals surface area contributed by atoms with E-state index in [1.54, 1.807) is 0 Å². The molecule has 3 nitrogen and oxygen atoms in total. The molecule has 0 bridgehead atoms. The molecule has 19 heavy (non-hydrogen) atoms. The Morgan fingerprint density at radius 2 is 2.05 bits per heavy atom. The van der Waals surface area contributed by atoms with E-state index < -0.39 is 0 Å². The highest BCUT2D eigenvalue weighted by Crippen LogP contribution is 2.29. The summed E-state index contributed by atoms with van der Waals surface area (Å²) in [6.07, 6.45) is 6.80. The third kappa shape index (κ3) is 2.27. The molecule has 0 amide bonds. The lowest BCUT2D eigenvalue weighted by molar-refractivity contribution is 0.678. The summed E-state index contributed by atoms with van der Waals surface area (Å²) in [4.78, 5) is 0. The number of aromatic nitrogens is 3. The first-order valence-corrected chi connectivity index (χ1v) is 7.40. The Kier molecular flexibility index (Phi) is 3.56. The van der Waals surface area contributed by atoms with E-state index in [1.807, 2.05) is 4.57 Å². The van der Waals surface area contributed by atoms with Gasteiger partial charge in [0.25, 0.3) is 0 Å². The average Bonchev–Trinajstić information content (AvgIpc) is 2.80. The van der Waals surface area contributed by atoms with Crippen LogP contribution in [0.2, 0.25) is 5.28 Å². The van der Waals surface area contributed by atoms with Crippen LogP contribution in [-0.4, -0.2) is 14.8 Å². The second-order valence-corrected chi connectivity index (χ2v) is 5.43. The Morgan fingerprint density at radius 3 is 2.89 bits per heavy atom. The molecule has 0 fully saturated rings. The molecule has 0 radical (unpaired) electrons. The van der Waals surface area contributed by atoms with Crippen molar-refractivity contribution >= 4 is 11.6 Å². The monoisotopic (exact) mass is 275 g/mol. The SMILES string of the molecule is CCCc1nnc(Cl)n1-c1cccc2c1CCCC2. The minimum Gasteiger partial charge on any atom is -0.269 e. The zero-order valence-corrected chi connectivity index (χ0v) is 12.0. The van der Waals surface area contributed by atoms with Crippen molar-refractivity contribution in [3.63, 3.8) is 0 Å². The van der Waals surface area contributed by atoms with Gasteiger partial charge in [0.15, 0.2) is 0 Å². The molecule has 0 N–H and O–H groups in total. The van der Waals surface area contributed by atoms with Gasteiger partial charge in [-0.15, -0.1) is 10.2 Å². The highest BCUT2D eigenvalue weighted by Gasteiger charge is 2.18. The van der Waals surface area contributed by atoms with Crippen LogP contribution >= 0.6 is 11.6 Å². The van der Waals surface area contributed by atoms with E-state index in [0.29, 0.717) is 5.28 Å². The summed E-state index contributed by atoms with van der Waals surface area (Å²) in [5.74, 6) is 0.964. The second-order valence-electron chi connectivity index (χ2n) is 5.09. The lowest BCUT2D eigenvalue weighted by Gasteiger charge is -2.20. The third-order valence-electron chi connectivity index (χ3n) is 3.78. The summed E-state index contributed by atoms with van der Waals surface area (Å²) in [6.45, 7) is 2.15. The maximum atomic E-state index is 6.25. The van der Waals surface area contributed by atoms with Crippen molar-refractivity contribution in [3.05, 3.63) is 40.4 Å². The predicted molar refractivity (Wildman–Crippen MR) is 77.0 cm³/mol. The molecule has 0 atom stereocenters. The van der Waals surface area contributed by atoms with Crippen molar-refractivity contribution in [2.75, 3.05) is 0 Å². The first-order chi connectivity index (χ1) is 9.31. The molecule has 2 aromatic rings. The van der Waals surface area contributed by atoms with Crippen LogP contribution in [0.1, 0.15) is 43.1 Å². The molecule has 0 spiro atoms. The lowest BCUT2D eigenvalue weighted by atomic mass is 9.90. The van der Waals surface area contributed by atoms with Gasteiger partial charge < -0.3 is 0 Å². The number of hydrogen-bond donors (Lipinski definition) is 0. The van der Waals surface area contributed by atoms with E-state index in [4.69, 9.17) is 11.6 Å². The van der Waals surface area contributed by atoms with Crippen molar-refractivity contribution in [2.45, 2.75) is 45.4 Å². The molecular formula is C15H18ClN3. The van der Waals surface area contributed by atoms with Gasteiger partial charge in [0.2, 0.25) is 5.28 Å². The molecule has 1 aliphatic rings. The van der Waals surface area contributed by atoms with E-state index in [-0.39, 0.29) is 0 Å². The van der Waals surface area contributed by atoms with Crippen LogP contribution in [-0.2, 0) is 19.3 Å². The number of benzene rings is 1. The van der Waals surface area contributed by atoms with Gasteiger partial charge in [0.05, 0.1) is 5.69 Å². The highest BCUT2D eigenvalue weighted by molar-refractivity contribution is 6.28. The molecule has 1 heterocycles. The van der Waals surface area contributed by atoms with Crippen LogP contribution in [0.25, 0.3) is 5.69 Å². The largest absolute Gasteiger partial charge is 0.269 e. The molecule has 0 aliphatic heterocycles. The minimum atomic E-state index is 0.474. The molecule has 1 aliphatic carbocycles. The van der Waals surface area contributed by atoms with Gasteiger partial charge in [-0.3, -0.25) is 4.57 Å². The normalized spacial score (nSPS) is 14.4. The van der Waals surface area contributed by atoms with Crippen LogP contribution in [0.5, 0.6) is 0 Å². The Labute approximate surface area is 118 Å². The van der Waals surface area contributed by atoms with Crippen molar-refractivity contribution in [1.29, 1.82) is 0 Å². The van der Waals surface area contributed by atoms with Crippen molar-refractivity contribution in [2.24, 2.45) is 0 Å². The van der Waals surface area contributed by atoms with Crippen molar-refractivity contribution < 1.29 is 0 Å². The van der Waals surface area contributed by atoms with Gasteiger partial charge in [-0.2, -0.15) is 0 Å². The summed E-state index contributed by atoms with van der Waals surface area (Å²) < 4.78 is 2.02.